The van der Waals surface area contributed by atoms with Gasteiger partial charge in [0, 0.05) is 17.0 Å². The predicted octanol–water partition coefficient (Wildman–Crippen LogP) is 4.72. The van der Waals surface area contributed by atoms with Gasteiger partial charge in [-0.05, 0) is 36.5 Å². The third-order valence-electron chi connectivity index (χ3n) is 5.45. The Morgan fingerprint density at radius 1 is 0.935 bits per heavy atom. The molecule has 0 amide bonds. The van der Waals surface area contributed by atoms with Crippen LogP contribution in [0, 0.1) is 5.92 Å². The number of carbonyl (C=O) groups is 1. The van der Waals surface area contributed by atoms with Crippen LogP contribution in [-0.2, 0) is 22.5 Å². The van der Waals surface area contributed by atoms with Crippen LogP contribution in [0.2, 0.25) is 0 Å². The Labute approximate surface area is 181 Å². The van der Waals surface area contributed by atoms with Crippen molar-refractivity contribution < 1.29 is 19.5 Å². The van der Waals surface area contributed by atoms with Gasteiger partial charge in [0.1, 0.15) is 18.1 Å². The molecule has 0 saturated carbocycles. The van der Waals surface area contributed by atoms with Crippen molar-refractivity contribution in [1.29, 1.82) is 0 Å². The second kappa shape index (κ2) is 9.94. The Morgan fingerprint density at radius 3 is 2.26 bits per heavy atom. The van der Waals surface area contributed by atoms with Crippen molar-refractivity contribution in [3.05, 3.63) is 101 Å². The van der Waals surface area contributed by atoms with E-state index in [1.807, 2.05) is 72.8 Å². The van der Waals surface area contributed by atoms with E-state index in [1.54, 1.807) is 0 Å². The number of hydrogen-bond donors (Lipinski definition) is 1. The number of ether oxygens (including phenoxy) is 1. The molecule has 3 aromatic rings. The molecule has 31 heavy (non-hydrogen) atoms. The maximum Gasteiger partial charge on any atom is 0.341 e. The van der Waals surface area contributed by atoms with E-state index in [0.29, 0.717) is 18.3 Å². The van der Waals surface area contributed by atoms with Gasteiger partial charge >= 0.3 is 5.97 Å². The minimum absolute atomic E-state index is 0.320. The van der Waals surface area contributed by atoms with Gasteiger partial charge in [-0.25, -0.2) is 4.79 Å². The molecule has 0 saturated heterocycles. The molecule has 5 nitrogen and oxygen atoms in total. The Morgan fingerprint density at radius 2 is 1.61 bits per heavy atom. The Balaban J connectivity index is 1.44. The first kappa shape index (κ1) is 20.7. The number of carboxylic acids is 1. The highest BCUT2D eigenvalue weighted by Crippen LogP contribution is 2.32. The topological polar surface area (TPSA) is 68.1 Å². The van der Waals surface area contributed by atoms with Crippen molar-refractivity contribution >= 4 is 11.7 Å². The number of benzene rings is 3. The number of hydrogen-bond acceptors (Lipinski definition) is 4. The van der Waals surface area contributed by atoms with Gasteiger partial charge in [0.25, 0.3) is 0 Å². The molecule has 1 N–H and O–H groups in total. The molecule has 0 aromatic heterocycles. The van der Waals surface area contributed by atoms with Crippen LogP contribution in [0.15, 0.2) is 84.0 Å². The molecule has 0 heterocycles. The number of carboxylic acid groups (broad SMARTS) is 1. The second-order valence-electron chi connectivity index (χ2n) is 7.65. The van der Waals surface area contributed by atoms with Crippen LogP contribution in [0.25, 0.3) is 0 Å². The number of aliphatic carboxylic acids is 1. The zero-order chi connectivity index (χ0) is 21.5. The summed E-state index contributed by atoms with van der Waals surface area (Å²) in [6.45, 7) is 0.211. The number of fused-ring (bicyclic) bond motifs is 1. The van der Waals surface area contributed by atoms with E-state index in [9.17, 15) is 4.79 Å². The molecule has 1 aliphatic carbocycles. The van der Waals surface area contributed by atoms with Crippen molar-refractivity contribution in [2.45, 2.75) is 19.3 Å². The first-order valence-corrected chi connectivity index (χ1v) is 10.5. The van der Waals surface area contributed by atoms with E-state index in [2.05, 4.69) is 11.2 Å². The van der Waals surface area contributed by atoms with Gasteiger partial charge in [0.15, 0.2) is 6.61 Å². The van der Waals surface area contributed by atoms with Crippen LogP contribution in [0.3, 0.4) is 0 Å². The van der Waals surface area contributed by atoms with Crippen LogP contribution < -0.4 is 4.74 Å². The van der Waals surface area contributed by atoms with Crippen molar-refractivity contribution in [2.75, 3.05) is 13.2 Å². The lowest BCUT2D eigenvalue weighted by Gasteiger charge is -2.25. The Kier molecular flexibility index (Phi) is 6.62. The summed E-state index contributed by atoms with van der Waals surface area (Å²) in [4.78, 5) is 16.7. The highest BCUT2D eigenvalue weighted by molar-refractivity contribution is 6.12. The first-order chi connectivity index (χ1) is 15.2. The van der Waals surface area contributed by atoms with Crippen LogP contribution in [-0.4, -0.2) is 30.0 Å². The predicted molar refractivity (Wildman–Crippen MR) is 120 cm³/mol. The van der Waals surface area contributed by atoms with Crippen molar-refractivity contribution in [3.63, 3.8) is 0 Å². The van der Waals surface area contributed by atoms with E-state index >= 15 is 0 Å². The minimum atomic E-state index is -0.967. The smallest absolute Gasteiger partial charge is 0.341 e. The molecular formula is C26H25NO4. The molecular weight excluding hydrogens is 390 g/mol. The summed E-state index contributed by atoms with van der Waals surface area (Å²) in [6, 6.07) is 25.9. The molecule has 0 fully saturated rings. The molecule has 1 atom stereocenters. The molecule has 1 aliphatic rings. The fourth-order valence-electron chi connectivity index (χ4n) is 3.94. The summed E-state index contributed by atoms with van der Waals surface area (Å²) < 4.78 is 5.46. The third-order valence-corrected chi connectivity index (χ3v) is 5.45. The van der Waals surface area contributed by atoms with E-state index in [0.717, 1.165) is 41.7 Å². The summed E-state index contributed by atoms with van der Waals surface area (Å²) in [7, 11) is 0. The molecule has 0 spiro atoms. The zero-order valence-corrected chi connectivity index (χ0v) is 17.2. The van der Waals surface area contributed by atoms with Crippen LogP contribution >= 0.6 is 0 Å². The molecule has 1 unspecified atom stereocenters. The number of rotatable bonds is 8. The summed E-state index contributed by atoms with van der Waals surface area (Å²) in [6.07, 6.45) is 2.65. The summed E-state index contributed by atoms with van der Waals surface area (Å²) in [5.41, 5.74) is 5.16. The molecule has 0 bridgehead atoms. The van der Waals surface area contributed by atoms with Gasteiger partial charge in [-0.2, -0.15) is 0 Å². The third kappa shape index (κ3) is 5.31. The lowest BCUT2D eigenvalue weighted by atomic mass is 9.84. The first-order valence-electron chi connectivity index (χ1n) is 10.5. The summed E-state index contributed by atoms with van der Waals surface area (Å²) in [5.74, 6) is 0.0525. The van der Waals surface area contributed by atoms with Gasteiger partial charge in [-0.1, -0.05) is 78.0 Å². The maximum atomic E-state index is 10.8. The van der Waals surface area contributed by atoms with E-state index in [1.165, 1.54) is 5.56 Å². The van der Waals surface area contributed by atoms with Gasteiger partial charge in [0.05, 0.1) is 0 Å². The number of oxime groups is 1. The van der Waals surface area contributed by atoms with Gasteiger partial charge in [-0.15, -0.1) is 0 Å². The lowest BCUT2D eigenvalue weighted by molar-refractivity contribution is -0.139. The van der Waals surface area contributed by atoms with Gasteiger partial charge < -0.3 is 14.7 Å². The lowest BCUT2D eigenvalue weighted by Crippen LogP contribution is -2.20. The highest BCUT2D eigenvalue weighted by atomic mass is 16.6. The van der Waals surface area contributed by atoms with E-state index in [4.69, 9.17) is 14.7 Å². The largest absolute Gasteiger partial charge is 0.482 e. The molecule has 4 rings (SSSR count). The molecule has 5 heteroatoms. The second-order valence-corrected chi connectivity index (χ2v) is 7.65. The molecule has 0 aliphatic heterocycles. The molecule has 0 radical (unpaired) electrons. The normalized spacial score (nSPS) is 14.9. The van der Waals surface area contributed by atoms with Crippen LogP contribution in [0.4, 0.5) is 0 Å². The quantitative estimate of drug-likeness (QED) is 0.427. The Bertz CT molecular complexity index is 1010. The van der Waals surface area contributed by atoms with Crippen LogP contribution in [0.5, 0.6) is 5.75 Å². The average molecular weight is 415 g/mol. The SMILES string of the molecule is O=C(O)COc1cccc2c1CCC(CON=C(c1ccccc1)c1ccccc1)C2. The fourth-order valence-corrected chi connectivity index (χ4v) is 3.94. The summed E-state index contributed by atoms with van der Waals surface area (Å²) >= 11 is 0. The minimum Gasteiger partial charge on any atom is -0.482 e. The monoisotopic (exact) mass is 415 g/mol. The van der Waals surface area contributed by atoms with Gasteiger partial charge in [0.2, 0.25) is 0 Å². The Hall–Kier alpha value is -3.60. The number of nitrogens with zero attached hydrogens (tertiary/aromatic N) is 1. The molecule has 158 valence electrons. The maximum absolute atomic E-state index is 10.8. The standard InChI is InChI=1S/C26H25NO4/c28-25(29)18-30-24-13-7-12-22-16-19(14-15-23(22)24)17-31-27-26(20-8-3-1-4-9-20)21-10-5-2-6-11-21/h1-13,19H,14-18H2,(H,28,29). The van der Waals surface area contributed by atoms with Crippen molar-refractivity contribution in [3.8, 4) is 5.75 Å². The highest BCUT2D eigenvalue weighted by Gasteiger charge is 2.22. The van der Waals surface area contributed by atoms with Crippen molar-refractivity contribution in [2.24, 2.45) is 11.1 Å². The van der Waals surface area contributed by atoms with Crippen molar-refractivity contribution in [1.82, 2.24) is 0 Å². The zero-order valence-electron chi connectivity index (χ0n) is 17.2. The van der Waals surface area contributed by atoms with Gasteiger partial charge in [-0.3, -0.25) is 0 Å². The fraction of sp³-hybridized carbons (Fsp3) is 0.231. The molecule has 3 aromatic carbocycles. The average Bonchev–Trinajstić information content (AvgIpc) is 2.81. The van der Waals surface area contributed by atoms with E-state index < -0.39 is 5.97 Å². The van der Waals surface area contributed by atoms with E-state index in [-0.39, 0.29) is 6.61 Å². The summed E-state index contributed by atoms with van der Waals surface area (Å²) in [5, 5.41) is 13.4. The van der Waals surface area contributed by atoms with Crippen LogP contribution in [0.1, 0.15) is 28.7 Å².